The molecule has 0 heterocycles. The van der Waals surface area contributed by atoms with E-state index in [1.807, 2.05) is 0 Å². The molecule has 0 spiro atoms. The Morgan fingerprint density at radius 3 is 2.14 bits per heavy atom. The van der Waals surface area contributed by atoms with Gasteiger partial charge in [-0.05, 0) is 18.5 Å². The second-order valence-electron chi connectivity index (χ2n) is 2.54. The van der Waals surface area contributed by atoms with E-state index < -0.39 is 8.07 Å². The van der Waals surface area contributed by atoms with Gasteiger partial charge in [0.1, 0.15) is 0 Å². The third-order valence-corrected chi connectivity index (χ3v) is 2.41. The van der Waals surface area contributed by atoms with Crippen molar-refractivity contribution in [3.63, 3.8) is 0 Å². The van der Waals surface area contributed by atoms with Gasteiger partial charge in [-0.25, -0.2) is 0 Å². The summed E-state index contributed by atoms with van der Waals surface area (Å²) in [6.45, 7) is 8.41. The number of hydrogen-bond donors (Lipinski definition) is 0. The van der Waals surface area contributed by atoms with Gasteiger partial charge in [0, 0.05) is 12.6 Å². The van der Waals surface area contributed by atoms with Crippen molar-refractivity contribution in [1.29, 1.82) is 0 Å². The summed E-state index contributed by atoms with van der Waals surface area (Å²) in [5, 5.41) is 1.79. The zero-order valence-corrected chi connectivity index (χ0v) is 6.72. The van der Waals surface area contributed by atoms with Gasteiger partial charge in [-0.1, -0.05) is 12.2 Å². The summed E-state index contributed by atoms with van der Waals surface area (Å²) in [4.78, 5) is 0. The second-order valence-corrected chi connectivity index (χ2v) is 7.61. The third kappa shape index (κ3) is 6.18. The highest BCUT2D eigenvalue weighted by Crippen LogP contribution is 2.02. The Labute approximate surface area is 51.9 Å². The van der Waals surface area contributed by atoms with Crippen molar-refractivity contribution < 1.29 is 0 Å². The fourth-order valence-electron chi connectivity index (χ4n) is 0.226. The molecule has 0 nitrogen and oxygen atoms in total. The van der Waals surface area contributed by atoms with Crippen molar-refractivity contribution in [2.45, 2.75) is 19.1 Å². The lowest BCUT2D eigenvalue weighted by molar-refractivity contribution is 1.69. The molecule has 0 radical (unpaired) electrons. The summed E-state index contributed by atoms with van der Waals surface area (Å²) in [7, 11) is -1.07. The molecule has 0 N–H and O–H groups in total. The van der Waals surface area contributed by atoms with Crippen molar-refractivity contribution in [3.8, 4) is 0 Å². The lowest BCUT2D eigenvalue weighted by Crippen LogP contribution is -2.19. The van der Waals surface area contributed by atoms with Gasteiger partial charge in [0.15, 0.2) is 0 Å². The average molecular weight is 131 g/mol. The molecule has 0 unspecified atom stereocenters. The molecule has 0 bridgehead atoms. The van der Waals surface area contributed by atoms with Gasteiger partial charge >= 0.3 is 0 Å². The smallest absolute Gasteiger partial charge is 0.0936 e. The Morgan fingerprint density at radius 2 is 2.14 bits per heavy atom. The zero-order chi connectivity index (χ0) is 5.91. The number of rotatable bonds is 2. The fraction of sp³-hybridized carbons (Fsp3) is 0.600. The predicted molar refractivity (Wildman–Crippen MR) is 41.3 cm³/mol. The van der Waals surface area contributed by atoms with Crippen LogP contribution in [0.4, 0.5) is 0 Å². The van der Waals surface area contributed by atoms with Gasteiger partial charge < -0.3 is 0 Å². The summed E-state index contributed by atoms with van der Waals surface area (Å²) >= 11 is 4.67. The average Bonchev–Trinajstić information content (AvgIpc) is 1.30. The van der Waals surface area contributed by atoms with Crippen LogP contribution in [0.15, 0.2) is 0 Å². The van der Waals surface area contributed by atoms with E-state index in [1.54, 1.807) is 5.37 Å². The molecule has 0 aliphatic heterocycles. The molecule has 0 aliphatic carbocycles. The number of hydrogen-bond acceptors (Lipinski definition) is 1. The predicted octanol–water partition coefficient (Wildman–Crippen LogP) is 2.07. The van der Waals surface area contributed by atoms with E-state index in [4.69, 9.17) is 0 Å². The van der Waals surface area contributed by atoms with Crippen LogP contribution < -0.4 is 0 Å². The summed E-state index contributed by atoms with van der Waals surface area (Å²) in [6, 6.07) is 1.06. The van der Waals surface area contributed by atoms with E-state index in [0.29, 0.717) is 0 Å². The second kappa shape index (κ2) is 2.48. The fourth-order valence-corrected chi connectivity index (χ4v) is 2.03. The molecule has 0 amide bonds. The first-order chi connectivity index (χ1) is 3.06. The van der Waals surface area contributed by atoms with Crippen LogP contribution in [-0.4, -0.2) is 13.4 Å². The van der Waals surface area contributed by atoms with Gasteiger partial charge in [-0.15, -0.1) is 0 Å². The Morgan fingerprint density at radius 1 is 1.71 bits per heavy atom. The van der Waals surface area contributed by atoms with Crippen molar-refractivity contribution in [2.24, 2.45) is 0 Å². The van der Waals surface area contributed by atoms with E-state index in [1.165, 1.54) is 0 Å². The Balaban J connectivity index is 3.34. The van der Waals surface area contributed by atoms with Gasteiger partial charge in [0.05, 0.1) is 0 Å². The standard InChI is InChI=1S/C5H11SSi/c1-7(2,3)5-4-6/h4H,1,5H2,2-3H3/q+1. The normalized spacial score (nSPS) is 11.1. The van der Waals surface area contributed by atoms with E-state index in [2.05, 4.69) is 31.9 Å². The third-order valence-electron chi connectivity index (χ3n) is 0.636. The molecule has 2 heteroatoms. The Hall–Kier alpha value is 0.177. The van der Waals surface area contributed by atoms with Crippen LogP contribution in [0.25, 0.3) is 0 Å². The Bertz CT molecular complexity index is 63.0. The first-order valence-corrected chi connectivity index (χ1v) is 6.24. The van der Waals surface area contributed by atoms with E-state index >= 15 is 0 Å². The summed E-state index contributed by atoms with van der Waals surface area (Å²) in [5.41, 5.74) is 0. The topological polar surface area (TPSA) is 0 Å². The molecule has 0 aromatic rings. The summed E-state index contributed by atoms with van der Waals surface area (Å²) in [5.74, 6) is 0. The van der Waals surface area contributed by atoms with Crippen LogP contribution in [0.3, 0.4) is 0 Å². The Kier molecular flexibility index (Phi) is 2.54. The van der Waals surface area contributed by atoms with Gasteiger partial charge in [0.25, 0.3) is 8.07 Å². The molecule has 0 saturated heterocycles. The molecule has 0 aromatic heterocycles. The van der Waals surface area contributed by atoms with E-state index in [-0.39, 0.29) is 0 Å². The zero-order valence-electron chi connectivity index (χ0n) is 4.90. The quantitative estimate of drug-likeness (QED) is 0.314. The molecule has 0 atom stereocenters. The van der Waals surface area contributed by atoms with Crippen molar-refractivity contribution >= 4 is 25.7 Å². The van der Waals surface area contributed by atoms with Crippen LogP contribution >= 0.6 is 12.2 Å². The molecular formula is C5H11SSi+. The van der Waals surface area contributed by atoms with Crippen LogP contribution in [-0.2, 0) is 0 Å². The minimum atomic E-state index is -1.07. The number of thiocarbonyl (C=S) groups is 1. The first-order valence-electron chi connectivity index (χ1n) is 2.35. The first kappa shape index (κ1) is 7.18. The molecule has 7 heavy (non-hydrogen) atoms. The SMILES string of the molecule is [CH2+][Si](C)(C)CC=S. The monoisotopic (exact) mass is 131 g/mol. The maximum Gasteiger partial charge on any atom is 0.263 e. The minimum absolute atomic E-state index is 1.06. The van der Waals surface area contributed by atoms with E-state index in [0.717, 1.165) is 6.04 Å². The van der Waals surface area contributed by atoms with Crippen LogP contribution in [0.1, 0.15) is 0 Å². The maximum absolute atomic E-state index is 4.67. The largest absolute Gasteiger partial charge is 0.263 e. The minimum Gasteiger partial charge on any atom is -0.0936 e. The van der Waals surface area contributed by atoms with Crippen LogP contribution in [0, 0.1) is 6.55 Å². The highest BCUT2D eigenvalue weighted by molar-refractivity contribution is 7.79. The van der Waals surface area contributed by atoms with Crippen LogP contribution in [0.5, 0.6) is 0 Å². The molecule has 0 aromatic carbocycles. The molecule has 0 aliphatic rings. The lowest BCUT2D eigenvalue weighted by Gasteiger charge is -1.98. The summed E-state index contributed by atoms with van der Waals surface area (Å²) < 4.78 is 0. The molecule has 0 rings (SSSR count). The molecule has 0 fully saturated rings. The highest BCUT2D eigenvalue weighted by atomic mass is 32.1. The highest BCUT2D eigenvalue weighted by Gasteiger charge is 2.21. The molecular weight excluding hydrogens is 120 g/mol. The lowest BCUT2D eigenvalue weighted by atomic mass is 11.0. The molecule has 0 saturated carbocycles. The summed E-state index contributed by atoms with van der Waals surface area (Å²) in [6.07, 6.45) is 0. The van der Waals surface area contributed by atoms with Gasteiger partial charge in [-0.3, -0.25) is 0 Å². The van der Waals surface area contributed by atoms with Gasteiger partial charge in [-0.2, -0.15) is 0 Å². The maximum atomic E-state index is 4.67. The van der Waals surface area contributed by atoms with Crippen molar-refractivity contribution in [2.75, 3.05) is 0 Å². The van der Waals surface area contributed by atoms with Crippen molar-refractivity contribution in [3.05, 3.63) is 6.55 Å². The van der Waals surface area contributed by atoms with Crippen LogP contribution in [0.2, 0.25) is 19.1 Å². The van der Waals surface area contributed by atoms with Crippen molar-refractivity contribution in [1.82, 2.24) is 0 Å². The van der Waals surface area contributed by atoms with Gasteiger partial charge in [0.2, 0.25) is 0 Å². The molecule has 40 valence electrons. The van der Waals surface area contributed by atoms with E-state index in [9.17, 15) is 0 Å².